The molecule has 0 bridgehead atoms. The number of aromatic nitrogens is 2. The maximum absolute atomic E-state index is 12.7. The number of hydrogen-bond donors (Lipinski definition) is 1. The quantitative estimate of drug-likeness (QED) is 0.606. The Morgan fingerprint density at radius 3 is 2.68 bits per heavy atom. The molecule has 1 saturated carbocycles. The van der Waals surface area contributed by atoms with Gasteiger partial charge < -0.3 is 14.4 Å². The van der Waals surface area contributed by atoms with Crippen molar-refractivity contribution in [2.24, 2.45) is 11.3 Å². The molecule has 1 N–H and O–H groups in total. The van der Waals surface area contributed by atoms with Gasteiger partial charge in [0.05, 0.1) is 25.6 Å². The zero-order valence-electron chi connectivity index (χ0n) is 20.7. The number of hydrogen-bond acceptors (Lipinski definition) is 5. The summed E-state index contributed by atoms with van der Waals surface area (Å²) in [6.45, 7) is 8.19. The highest BCUT2D eigenvalue weighted by Crippen LogP contribution is 2.36. The van der Waals surface area contributed by atoms with Gasteiger partial charge in [-0.1, -0.05) is 44.6 Å². The van der Waals surface area contributed by atoms with Crippen LogP contribution in [0.5, 0.6) is 11.6 Å². The van der Waals surface area contributed by atoms with E-state index >= 15 is 0 Å². The van der Waals surface area contributed by atoms with Gasteiger partial charge in [0.15, 0.2) is 5.82 Å². The van der Waals surface area contributed by atoms with E-state index in [1.165, 1.54) is 37.9 Å². The number of urea groups is 1. The maximum atomic E-state index is 12.7. The average Bonchev–Trinajstić information content (AvgIpc) is 2.82. The summed E-state index contributed by atoms with van der Waals surface area (Å²) < 4.78 is 11.3. The summed E-state index contributed by atoms with van der Waals surface area (Å²) in [5.41, 5.74) is 2.95. The summed E-state index contributed by atoms with van der Waals surface area (Å²) in [6.07, 6.45) is 11.1. The van der Waals surface area contributed by atoms with E-state index in [2.05, 4.69) is 66.4 Å². The Morgan fingerprint density at radius 2 is 2.00 bits per heavy atom. The molecule has 2 fully saturated rings. The largest absolute Gasteiger partial charge is 0.490 e. The second kappa shape index (κ2) is 10.5. The highest BCUT2D eigenvalue weighted by atomic mass is 16.5. The minimum Gasteiger partial charge on any atom is -0.490 e. The first-order valence-corrected chi connectivity index (χ1v) is 12.2. The van der Waals surface area contributed by atoms with E-state index in [0.29, 0.717) is 36.3 Å². The fourth-order valence-corrected chi connectivity index (χ4v) is 4.70. The van der Waals surface area contributed by atoms with E-state index in [4.69, 9.17) is 9.47 Å². The molecule has 4 rings (SSSR count). The monoisotopic (exact) mass is 464 g/mol. The Hall–Kier alpha value is -3.09. The first-order chi connectivity index (χ1) is 16.3. The number of rotatable bonds is 5. The first kappa shape index (κ1) is 24.0. The second-order valence-corrected chi connectivity index (χ2v) is 10.2. The summed E-state index contributed by atoms with van der Waals surface area (Å²) in [4.78, 5) is 22.8. The Morgan fingerprint density at radius 1 is 1.21 bits per heavy atom. The fraction of sp³-hybridized carbons (Fsp3) is 0.519. The third kappa shape index (κ3) is 6.27. The van der Waals surface area contributed by atoms with Crippen LogP contribution in [-0.4, -0.2) is 47.2 Å². The number of nitrogens with one attached hydrogen (secondary N) is 1. The Kier molecular flexibility index (Phi) is 7.39. The van der Waals surface area contributed by atoms with Crippen LogP contribution in [0.3, 0.4) is 0 Å². The molecule has 7 nitrogen and oxygen atoms in total. The number of anilines is 1. The summed E-state index contributed by atoms with van der Waals surface area (Å²) in [6, 6.07) is 8.23. The van der Waals surface area contributed by atoms with Crippen molar-refractivity contribution < 1.29 is 14.3 Å². The van der Waals surface area contributed by atoms with Crippen molar-refractivity contribution in [2.45, 2.75) is 59.0 Å². The lowest BCUT2D eigenvalue weighted by atomic mass is 9.76. The van der Waals surface area contributed by atoms with Crippen molar-refractivity contribution in [3.05, 3.63) is 47.8 Å². The lowest BCUT2D eigenvalue weighted by Crippen LogP contribution is -2.42. The molecule has 182 valence electrons. The fourth-order valence-electron chi connectivity index (χ4n) is 4.70. The van der Waals surface area contributed by atoms with Crippen LogP contribution in [0, 0.1) is 11.3 Å². The van der Waals surface area contributed by atoms with Crippen LogP contribution in [0.1, 0.15) is 58.4 Å². The summed E-state index contributed by atoms with van der Waals surface area (Å²) in [5, 5.41) is 2.82. The molecule has 1 aromatic carbocycles. The molecule has 1 atom stereocenters. The van der Waals surface area contributed by atoms with Gasteiger partial charge in [-0.15, -0.1) is 0 Å². The van der Waals surface area contributed by atoms with Crippen LogP contribution in [0.2, 0.25) is 0 Å². The van der Waals surface area contributed by atoms with Crippen molar-refractivity contribution in [2.75, 3.05) is 25.5 Å². The van der Waals surface area contributed by atoms with Crippen LogP contribution in [0.4, 0.5) is 10.6 Å². The lowest BCUT2D eigenvalue weighted by Gasteiger charge is -2.34. The van der Waals surface area contributed by atoms with Crippen molar-refractivity contribution in [1.82, 2.24) is 14.9 Å². The van der Waals surface area contributed by atoms with Crippen molar-refractivity contribution in [3.8, 4) is 11.6 Å². The molecule has 1 aromatic heterocycles. The van der Waals surface area contributed by atoms with Gasteiger partial charge in [-0.2, -0.15) is 0 Å². The van der Waals surface area contributed by atoms with Gasteiger partial charge in [-0.25, -0.2) is 14.8 Å². The standard InChI is InChI=1S/C27H36N4O3/c1-19-18-31(26(32)30-24-16-29-25(33-4)17-28-24)13-10-21(19)14-20-6-5-7-23(15-20)34-22-8-11-27(2,3)12-9-22/h5-7,14-17,19,22H,8-13,18H2,1-4H3,(H,28,30,32). The molecule has 1 unspecified atom stereocenters. The minimum atomic E-state index is -0.156. The molecule has 7 heteroatoms. The zero-order valence-corrected chi connectivity index (χ0v) is 20.7. The predicted octanol–water partition coefficient (Wildman–Crippen LogP) is 5.79. The number of amides is 2. The molecule has 0 spiro atoms. The number of carbonyl (C=O) groups excluding carboxylic acids is 1. The molecule has 2 aliphatic rings. The van der Waals surface area contributed by atoms with E-state index in [1.807, 2.05) is 4.90 Å². The van der Waals surface area contributed by atoms with Crippen LogP contribution >= 0.6 is 0 Å². The second-order valence-electron chi connectivity index (χ2n) is 10.2. The third-order valence-corrected chi connectivity index (χ3v) is 6.96. The van der Waals surface area contributed by atoms with Crippen molar-refractivity contribution in [3.63, 3.8) is 0 Å². The molecule has 0 radical (unpaired) electrons. The van der Waals surface area contributed by atoms with Crippen LogP contribution < -0.4 is 14.8 Å². The summed E-state index contributed by atoms with van der Waals surface area (Å²) in [7, 11) is 1.53. The van der Waals surface area contributed by atoms with Gasteiger partial charge in [0, 0.05) is 13.1 Å². The number of methoxy groups -OCH3 is 1. The molecule has 1 saturated heterocycles. The van der Waals surface area contributed by atoms with E-state index in [-0.39, 0.29) is 11.9 Å². The number of ether oxygens (including phenoxy) is 2. The number of likely N-dealkylation sites (tertiary alicyclic amines) is 1. The topological polar surface area (TPSA) is 76.6 Å². The molecule has 1 aliphatic heterocycles. The van der Waals surface area contributed by atoms with Gasteiger partial charge >= 0.3 is 6.03 Å². The summed E-state index contributed by atoms with van der Waals surface area (Å²) in [5.74, 6) is 2.05. The SMILES string of the molecule is COc1cnc(NC(=O)N2CCC(=Cc3cccc(OC4CCC(C)(C)CC4)c3)C(C)C2)cn1. The lowest BCUT2D eigenvalue weighted by molar-refractivity contribution is 0.0987. The smallest absolute Gasteiger partial charge is 0.323 e. The molecule has 2 heterocycles. The zero-order chi connectivity index (χ0) is 24.1. The highest BCUT2D eigenvalue weighted by Gasteiger charge is 2.28. The van der Waals surface area contributed by atoms with E-state index < -0.39 is 0 Å². The third-order valence-electron chi connectivity index (χ3n) is 6.96. The van der Waals surface area contributed by atoms with Gasteiger partial charge in [0.1, 0.15) is 5.75 Å². The first-order valence-electron chi connectivity index (χ1n) is 12.2. The van der Waals surface area contributed by atoms with Crippen molar-refractivity contribution in [1.29, 1.82) is 0 Å². The van der Waals surface area contributed by atoms with E-state index in [1.54, 1.807) is 0 Å². The number of carbonyl (C=O) groups is 1. The molecule has 34 heavy (non-hydrogen) atoms. The minimum absolute atomic E-state index is 0.156. The van der Waals surface area contributed by atoms with Crippen LogP contribution in [0.15, 0.2) is 42.2 Å². The Labute approximate surface area is 202 Å². The normalized spacial score (nSPS) is 21.8. The molecule has 2 amide bonds. The van der Waals surface area contributed by atoms with Gasteiger partial charge in [-0.05, 0) is 61.1 Å². The van der Waals surface area contributed by atoms with Gasteiger partial charge in [0.2, 0.25) is 5.88 Å². The molecular formula is C27H36N4O3. The molecular weight excluding hydrogens is 428 g/mol. The Balaban J connectivity index is 1.33. The maximum Gasteiger partial charge on any atom is 0.323 e. The summed E-state index contributed by atoms with van der Waals surface area (Å²) >= 11 is 0. The molecule has 2 aromatic rings. The Bertz CT molecular complexity index is 1010. The van der Waals surface area contributed by atoms with E-state index in [9.17, 15) is 4.79 Å². The average molecular weight is 465 g/mol. The van der Waals surface area contributed by atoms with Gasteiger partial charge in [-0.3, -0.25) is 5.32 Å². The molecule has 1 aliphatic carbocycles. The number of piperidine rings is 1. The van der Waals surface area contributed by atoms with Crippen molar-refractivity contribution >= 4 is 17.9 Å². The van der Waals surface area contributed by atoms with Crippen LogP contribution in [-0.2, 0) is 0 Å². The number of benzene rings is 1. The predicted molar refractivity (Wildman–Crippen MR) is 134 cm³/mol. The highest BCUT2D eigenvalue weighted by molar-refractivity contribution is 5.88. The van der Waals surface area contributed by atoms with Crippen LogP contribution in [0.25, 0.3) is 6.08 Å². The van der Waals surface area contributed by atoms with Gasteiger partial charge in [0.25, 0.3) is 0 Å². The number of nitrogens with zero attached hydrogens (tertiary/aromatic N) is 3. The van der Waals surface area contributed by atoms with E-state index in [0.717, 1.165) is 30.6 Å².